The molecule has 2 atom stereocenters. The summed E-state index contributed by atoms with van der Waals surface area (Å²) >= 11 is 5.85. The first-order chi connectivity index (χ1) is 10.2. The fourth-order valence-electron chi connectivity index (χ4n) is 3.32. The van der Waals surface area contributed by atoms with Gasteiger partial charge in [0.05, 0.1) is 6.54 Å². The molecule has 1 aromatic carbocycles. The van der Waals surface area contributed by atoms with Gasteiger partial charge in [-0.1, -0.05) is 23.7 Å². The molecule has 22 heavy (non-hydrogen) atoms. The highest BCUT2D eigenvalue weighted by Gasteiger charge is 2.33. The number of piperidine rings is 1. The number of likely N-dealkylation sites (tertiary alicyclic amines) is 1. The van der Waals surface area contributed by atoms with E-state index in [-0.39, 0.29) is 18.3 Å². The van der Waals surface area contributed by atoms with Crippen LogP contribution in [0.25, 0.3) is 0 Å². The Kier molecular flexibility index (Phi) is 6.50. The molecule has 6 heteroatoms. The molecule has 2 heterocycles. The second kappa shape index (κ2) is 8.16. The van der Waals surface area contributed by atoms with E-state index in [1.807, 2.05) is 24.3 Å². The van der Waals surface area contributed by atoms with Crippen LogP contribution < -0.4 is 10.6 Å². The zero-order valence-corrected chi connectivity index (χ0v) is 14.1. The van der Waals surface area contributed by atoms with Gasteiger partial charge in [0.15, 0.2) is 0 Å². The minimum atomic E-state index is 0. The molecule has 2 unspecified atom stereocenters. The van der Waals surface area contributed by atoms with Crippen LogP contribution in [0.15, 0.2) is 24.3 Å². The summed E-state index contributed by atoms with van der Waals surface area (Å²) in [5, 5.41) is 7.16. The number of hydrogen-bond acceptors (Lipinski definition) is 3. The maximum Gasteiger partial charge on any atom is 0.234 e. The van der Waals surface area contributed by atoms with Crippen molar-refractivity contribution in [2.24, 2.45) is 11.8 Å². The lowest BCUT2D eigenvalue weighted by Gasteiger charge is -2.33. The van der Waals surface area contributed by atoms with E-state index in [4.69, 9.17) is 11.6 Å². The predicted molar refractivity (Wildman–Crippen MR) is 91.5 cm³/mol. The topological polar surface area (TPSA) is 44.4 Å². The molecule has 2 fully saturated rings. The molecule has 0 radical (unpaired) electrons. The number of carbonyl (C=O) groups excluding carboxylic acids is 1. The summed E-state index contributed by atoms with van der Waals surface area (Å²) in [6.45, 7) is 5.42. The van der Waals surface area contributed by atoms with Crippen molar-refractivity contribution in [3.63, 3.8) is 0 Å². The number of benzene rings is 1. The second-order valence-corrected chi connectivity index (χ2v) is 6.54. The number of amides is 1. The second-order valence-electron chi connectivity index (χ2n) is 6.11. The highest BCUT2D eigenvalue weighted by molar-refractivity contribution is 6.30. The van der Waals surface area contributed by atoms with Crippen molar-refractivity contribution in [1.82, 2.24) is 15.5 Å². The minimum Gasteiger partial charge on any atom is -0.351 e. The minimum absolute atomic E-state index is 0. The van der Waals surface area contributed by atoms with E-state index < -0.39 is 0 Å². The third kappa shape index (κ3) is 4.59. The third-order valence-electron chi connectivity index (χ3n) is 4.56. The van der Waals surface area contributed by atoms with E-state index >= 15 is 0 Å². The number of carbonyl (C=O) groups is 1. The van der Waals surface area contributed by atoms with E-state index in [1.54, 1.807) is 0 Å². The van der Waals surface area contributed by atoms with Crippen molar-refractivity contribution in [3.05, 3.63) is 34.9 Å². The lowest BCUT2D eigenvalue weighted by Crippen LogP contribution is -2.45. The smallest absolute Gasteiger partial charge is 0.234 e. The van der Waals surface area contributed by atoms with Crippen molar-refractivity contribution >= 4 is 29.9 Å². The first-order valence-electron chi connectivity index (χ1n) is 7.65. The average Bonchev–Trinajstić information content (AvgIpc) is 2.94. The van der Waals surface area contributed by atoms with Crippen LogP contribution in [0.3, 0.4) is 0 Å². The maximum atomic E-state index is 12.0. The number of halogens is 2. The van der Waals surface area contributed by atoms with Gasteiger partial charge in [0, 0.05) is 18.1 Å². The van der Waals surface area contributed by atoms with Crippen molar-refractivity contribution in [1.29, 1.82) is 0 Å². The molecule has 3 rings (SSSR count). The third-order valence-corrected chi connectivity index (χ3v) is 4.81. The molecule has 122 valence electrons. The first kappa shape index (κ1) is 17.5. The summed E-state index contributed by atoms with van der Waals surface area (Å²) < 4.78 is 0. The molecule has 1 aromatic rings. The Labute approximate surface area is 143 Å². The predicted octanol–water partition coefficient (Wildman–Crippen LogP) is 1.92. The molecular weight excluding hydrogens is 321 g/mol. The van der Waals surface area contributed by atoms with Crippen LogP contribution in [0.4, 0.5) is 0 Å². The van der Waals surface area contributed by atoms with Crippen LogP contribution in [0.1, 0.15) is 12.0 Å². The number of hydrogen-bond donors (Lipinski definition) is 2. The molecule has 4 nitrogen and oxygen atoms in total. The maximum absolute atomic E-state index is 12.0. The summed E-state index contributed by atoms with van der Waals surface area (Å²) in [4.78, 5) is 14.3. The molecule has 0 spiro atoms. The van der Waals surface area contributed by atoms with Crippen LogP contribution in [-0.4, -0.2) is 43.5 Å². The first-order valence-corrected chi connectivity index (χ1v) is 8.03. The number of rotatable bonds is 4. The van der Waals surface area contributed by atoms with E-state index in [1.165, 1.54) is 6.42 Å². The van der Waals surface area contributed by atoms with Gasteiger partial charge >= 0.3 is 0 Å². The summed E-state index contributed by atoms with van der Waals surface area (Å²) in [6, 6.07) is 7.58. The summed E-state index contributed by atoms with van der Waals surface area (Å²) in [5.41, 5.74) is 1.08. The van der Waals surface area contributed by atoms with Gasteiger partial charge in [0.1, 0.15) is 0 Å². The van der Waals surface area contributed by atoms with Gasteiger partial charge in [-0.25, -0.2) is 0 Å². The van der Waals surface area contributed by atoms with Gasteiger partial charge in [-0.15, -0.1) is 12.4 Å². The van der Waals surface area contributed by atoms with Gasteiger partial charge in [-0.05, 0) is 55.6 Å². The quantitative estimate of drug-likeness (QED) is 0.877. The zero-order chi connectivity index (χ0) is 14.7. The van der Waals surface area contributed by atoms with Gasteiger partial charge in [0.2, 0.25) is 5.91 Å². The van der Waals surface area contributed by atoms with E-state index in [0.717, 1.165) is 48.6 Å². The molecule has 0 aliphatic carbocycles. The highest BCUT2D eigenvalue weighted by Crippen LogP contribution is 2.26. The van der Waals surface area contributed by atoms with Crippen molar-refractivity contribution in [2.75, 3.05) is 32.7 Å². The Hall–Kier alpha value is -0.810. The number of nitrogens with one attached hydrogen (secondary N) is 2. The lowest BCUT2D eigenvalue weighted by molar-refractivity contribution is -0.122. The summed E-state index contributed by atoms with van der Waals surface area (Å²) in [7, 11) is 0. The van der Waals surface area contributed by atoms with Crippen LogP contribution in [0, 0.1) is 11.8 Å². The zero-order valence-electron chi connectivity index (χ0n) is 12.6. The Bertz CT molecular complexity index is 495. The van der Waals surface area contributed by atoms with Crippen molar-refractivity contribution in [3.8, 4) is 0 Å². The molecular formula is C16H23Cl2N3O. The van der Waals surface area contributed by atoms with E-state index in [0.29, 0.717) is 13.1 Å². The molecule has 2 aliphatic rings. The highest BCUT2D eigenvalue weighted by atomic mass is 35.5. The summed E-state index contributed by atoms with van der Waals surface area (Å²) in [6.07, 6.45) is 1.21. The Morgan fingerprint density at radius 3 is 2.77 bits per heavy atom. The van der Waals surface area contributed by atoms with Gasteiger partial charge < -0.3 is 10.6 Å². The van der Waals surface area contributed by atoms with Crippen LogP contribution >= 0.6 is 24.0 Å². The van der Waals surface area contributed by atoms with Crippen LogP contribution in [0.2, 0.25) is 5.02 Å². The van der Waals surface area contributed by atoms with Crippen molar-refractivity contribution in [2.45, 2.75) is 13.0 Å². The SMILES string of the molecule is Cl.O=C(CN1CCC2CNCC2C1)NCc1ccc(Cl)cc1. The van der Waals surface area contributed by atoms with E-state index in [9.17, 15) is 4.79 Å². The average molecular weight is 344 g/mol. The molecule has 2 aliphatic heterocycles. The van der Waals surface area contributed by atoms with Gasteiger partial charge in [0.25, 0.3) is 0 Å². The van der Waals surface area contributed by atoms with Gasteiger partial charge in [-0.3, -0.25) is 9.69 Å². The lowest BCUT2D eigenvalue weighted by atomic mass is 9.89. The largest absolute Gasteiger partial charge is 0.351 e. The fraction of sp³-hybridized carbons (Fsp3) is 0.562. The molecule has 1 amide bonds. The molecule has 2 saturated heterocycles. The Morgan fingerprint density at radius 1 is 1.27 bits per heavy atom. The molecule has 0 aromatic heterocycles. The van der Waals surface area contributed by atoms with E-state index in [2.05, 4.69) is 15.5 Å². The Balaban J connectivity index is 0.00000176. The fourth-order valence-corrected chi connectivity index (χ4v) is 3.44. The number of nitrogens with zero attached hydrogens (tertiary/aromatic N) is 1. The normalized spacial score (nSPS) is 24.4. The molecule has 2 N–H and O–H groups in total. The van der Waals surface area contributed by atoms with Crippen LogP contribution in [0.5, 0.6) is 0 Å². The number of fused-ring (bicyclic) bond motifs is 1. The Morgan fingerprint density at radius 2 is 2.00 bits per heavy atom. The molecule has 0 saturated carbocycles. The monoisotopic (exact) mass is 343 g/mol. The van der Waals surface area contributed by atoms with Crippen molar-refractivity contribution < 1.29 is 4.79 Å². The van der Waals surface area contributed by atoms with Crippen LogP contribution in [-0.2, 0) is 11.3 Å². The summed E-state index contributed by atoms with van der Waals surface area (Å²) in [5.74, 6) is 1.65. The molecule has 0 bridgehead atoms. The standard InChI is InChI=1S/C16H22ClN3O.ClH/c17-15-3-1-12(2-4-15)7-19-16(21)11-20-6-5-13-8-18-9-14(13)10-20;/h1-4,13-14,18H,5-11H2,(H,19,21);1H. The van der Waals surface area contributed by atoms with Gasteiger partial charge in [-0.2, -0.15) is 0 Å².